The summed E-state index contributed by atoms with van der Waals surface area (Å²) in [6, 6.07) is 4.66. The Labute approximate surface area is 107 Å². The Hall–Kier alpha value is -1.36. The topological polar surface area (TPSA) is 49.3 Å². The van der Waals surface area contributed by atoms with Crippen LogP contribution in [-0.2, 0) is 4.79 Å². The van der Waals surface area contributed by atoms with Crippen molar-refractivity contribution in [2.45, 2.75) is 13.3 Å². The van der Waals surface area contributed by atoms with E-state index in [1.165, 1.54) is 6.07 Å². The quantitative estimate of drug-likeness (QED) is 0.819. The minimum absolute atomic E-state index is 0.343. The van der Waals surface area contributed by atoms with Crippen LogP contribution in [0.15, 0.2) is 34.3 Å². The van der Waals surface area contributed by atoms with Gasteiger partial charge in [0.1, 0.15) is 5.82 Å². The lowest BCUT2D eigenvalue weighted by molar-refractivity contribution is -0.132. The van der Waals surface area contributed by atoms with Crippen LogP contribution in [0, 0.1) is 5.82 Å². The maximum Gasteiger partial charge on any atom is 0.331 e. The zero-order chi connectivity index (χ0) is 12.8. The molecule has 0 saturated heterocycles. The number of nitrogens with one attached hydrogen (secondary N) is 1. The minimum atomic E-state index is -0.920. The van der Waals surface area contributed by atoms with Crippen LogP contribution in [0.2, 0.25) is 0 Å². The van der Waals surface area contributed by atoms with Crippen molar-refractivity contribution >= 4 is 27.6 Å². The van der Waals surface area contributed by atoms with E-state index in [1.54, 1.807) is 25.1 Å². The van der Waals surface area contributed by atoms with Crippen LogP contribution in [0.3, 0.4) is 0 Å². The van der Waals surface area contributed by atoms with Gasteiger partial charge in [-0.1, -0.05) is 13.0 Å². The van der Waals surface area contributed by atoms with Gasteiger partial charge in [0, 0.05) is 17.8 Å². The van der Waals surface area contributed by atoms with Crippen LogP contribution >= 0.6 is 15.9 Å². The van der Waals surface area contributed by atoms with Gasteiger partial charge >= 0.3 is 5.97 Å². The van der Waals surface area contributed by atoms with Gasteiger partial charge in [-0.15, -0.1) is 0 Å². The fourth-order valence-electron chi connectivity index (χ4n) is 1.28. The van der Waals surface area contributed by atoms with Gasteiger partial charge in [0.25, 0.3) is 0 Å². The summed E-state index contributed by atoms with van der Waals surface area (Å²) in [5.74, 6) is -1.27. The first-order valence-corrected chi connectivity index (χ1v) is 5.95. The number of aliphatic carboxylic acids is 1. The number of rotatable bonds is 5. The van der Waals surface area contributed by atoms with Crippen LogP contribution in [0.5, 0.6) is 0 Å². The molecule has 3 nitrogen and oxygen atoms in total. The highest BCUT2D eigenvalue weighted by Crippen LogP contribution is 2.19. The van der Waals surface area contributed by atoms with Gasteiger partial charge in [-0.3, -0.25) is 0 Å². The van der Waals surface area contributed by atoms with E-state index in [2.05, 4.69) is 21.2 Å². The van der Waals surface area contributed by atoms with Crippen molar-refractivity contribution < 1.29 is 14.3 Å². The Balaban J connectivity index is 2.61. The first-order chi connectivity index (χ1) is 8.04. The minimum Gasteiger partial charge on any atom is -0.478 e. The van der Waals surface area contributed by atoms with Crippen molar-refractivity contribution in [1.29, 1.82) is 0 Å². The number of hydrogen-bond donors (Lipinski definition) is 2. The van der Waals surface area contributed by atoms with E-state index in [1.807, 2.05) is 0 Å². The summed E-state index contributed by atoms with van der Waals surface area (Å²) in [5, 5.41) is 11.7. The molecule has 1 aromatic carbocycles. The highest BCUT2D eigenvalue weighted by molar-refractivity contribution is 9.10. The molecule has 0 aliphatic rings. The van der Waals surface area contributed by atoms with E-state index in [4.69, 9.17) is 5.11 Å². The maximum atomic E-state index is 13.2. The molecule has 5 heteroatoms. The van der Waals surface area contributed by atoms with Gasteiger partial charge in [0.2, 0.25) is 0 Å². The van der Waals surface area contributed by atoms with E-state index in [0.717, 1.165) is 0 Å². The lowest BCUT2D eigenvalue weighted by atomic mass is 10.2. The summed E-state index contributed by atoms with van der Waals surface area (Å²) in [5.41, 5.74) is 0.956. The first kappa shape index (κ1) is 13.7. The number of hydrogen-bond acceptors (Lipinski definition) is 2. The molecule has 0 saturated carbocycles. The van der Waals surface area contributed by atoms with Crippen LogP contribution in [0.4, 0.5) is 10.1 Å². The smallest absolute Gasteiger partial charge is 0.331 e. The van der Waals surface area contributed by atoms with Crippen LogP contribution < -0.4 is 5.32 Å². The zero-order valence-corrected chi connectivity index (χ0v) is 10.9. The predicted octanol–water partition coefficient (Wildman–Crippen LogP) is 3.42. The third-order valence-corrected chi connectivity index (χ3v) is 2.87. The molecule has 0 aliphatic carbocycles. The number of benzene rings is 1. The molecule has 92 valence electrons. The number of carboxylic acid groups (broad SMARTS) is 1. The second-order valence-corrected chi connectivity index (χ2v) is 4.25. The second-order valence-electron chi connectivity index (χ2n) is 3.40. The molecule has 0 amide bonds. The van der Waals surface area contributed by atoms with Crippen LogP contribution in [0.1, 0.15) is 13.3 Å². The fraction of sp³-hybridized carbons (Fsp3) is 0.250. The third kappa shape index (κ3) is 4.19. The second kappa shape index (κ2) is 6.39. The summed E-state index contributed by atoms with van der Waals surface area (Å²) in [4.78, 5) is 10.7. The Morgan fingerprint density at radius 2 is 2.29 bits per heavy atom. The molecule has 0 bridgehead atoms. The van der Waals surface area contributed by atoms with Gasteiger partial charge in [0.15, 0.2) is 0 Å². The Bertz CT molecular complexity index is 446. The lowest BCUT2D eigenvalue weighted by Gasteiger charge is -2.05. The normalized spacial score (nSPS) is 11.4. The predicted molar refractivity (Wildman–Crippen MR) is 68.6 cm³/mol. The third-order valence-electron chi connectivity index (χ3n) is 2.23. The number of carboxylic acids is 1. The molecule has 17 heavy (non-hydrogen) atoms. The largest absolute Gasteiger partial charge is 0.478 e. The van der Waals surface area contributed by atoms with Crippen molar-refractivity contribution in [2.75, 3.05) is 11.9 Å². The molecule has 0 fully saturated rings. The summed E-state index contributed by atoms with van der Waals surface area (Å²) in [7, 11) is 0. The van der Waals surface area contributed by atoms with Crippen molar-refractivity contribution in [1.82, 2.24) is 0 Å². The van der Waals surface area contributed by atoms with Crippen molar-refractivity contribution in [2.24, 2.45) is 0 Å². The van der Waals surface area contributed by atoms with Gasteiger partial charge in [-0.05, 0) is 40.5 Å². The molecule has 1 aromatic rings. The Morgan fingerprint density at radius 1 is 1.59 bits per heavy atom. The maximum absolute atomic E-state index is 13.2. The fourth-order valence-corrected chi connectivity index (χ4v) is 1.53. The summed E-state index contributed by atoms with van der Waals surface area (Å²) < 4.78 is 13.6. The monoisotopic (exact) mass is 301 g/mol. The molecule has 0 radical (unpaired) electrons. The van der Waals surface area contributed by atoms with Gasteiger partial charge < -0.3 is 10.4 Å². The van der Waals surface area contributed by atoms with Crippen molar-refractivity contribution in [3.8, 4) is 0 Å². The van der Waals surface area contributed by atoms with E-state index in [0.29, 0.717) is 28.7 Å². The summed E-state index contributed by atoms with van der Waals surface area (Å²) in [6.07, 6.45) is 2.05. The van der Waals surface area contributed by atoms with Gasteiger partial charge in [-0.2, -0.15) is 0 Å². The number of carbonyl (C=O) groups is 1. The molecular weight excluding hydrogens is 289 g/mol. The summed E-state index contributed by atoms with van der Waals surface area (Å²) >= 11 is 3.06. The molecule has 1 rings (SSSR count). The average molecular weight is 302 g/mol. The molecular formula is C12H13BrFNO2. The molecule has 0 unspecified atom stereocenters. The molecule has 0 aliphatic heterocycles. The molecule has 0 aromatic heterocycles. The Kier molecular flexibility index (Phi) is 5.15. The van der Waals surface area contributed by atoms with Crippen LogP contribution in [-0.4, -0.2) is 17.6 Å². The molecule has 0 heterocycles. The number of halogens is 2. The van der Waals surface area contributed by atoms with Gasteiger partial charge in [-0.25, -0.2) is 9.18 Å². The SMILES string of the molecule is CC/C(=C/CNc1ccc(Br)c(F)c1)C(=O)O. The van der Waals surface area contributed by atoms with E-state index >= 15 is 0 Å². The van der Waals surface area contributed by atoms with E-state index in [-0.39, 0.29) is 5.82 Å². The van der Waals surface area contributed by atoms with Crippen molar-refractivity contribution in [3.63, 3.8) is 0 Å². The lowest BCUT2D eigenvalue weighted by Crippen LogP contribution is -2.04. The zero-order valence-electron chi connectivity index (χ0n) is 9.34. The van der Waals surface area contributed by atoms with Crippen LogP contribution in [0.25, 0.3) is 0 Å². The van der Waals surface area contributed by atoms with Gasteiger partial charge in [0.05, 0.1) is 4.47 Å². The van der Waals surface area contributed by atoms with E-state index < -0.39 is 5.97 Å². The highest BCUT2D eigenvalue weighted by Gasteiger charge is 2.03. The molecule has 2 N–H and O–H groups in total. The summed E-state index contributed by atoms with van der Waals surface area (Å²) in [6.45, 7) is 2.13. The standard InChI is InChI=1S/C12H13BrFNO2/c1-2-8(12(16)17)5-6-15-9-3-4-10(13)11(14)7-9/h3-5,7,15H,2,6H2,1H3,(H,16,17)/b8-5-. The highest BCUT2D eigenvalue weighted by atomic mass is 79.9. The van der Waals surface area contributed by atoms with E-state index in [9.17, 15) is 9.18 Å². The average Bonchev–Trinajstić information content (AvgIpc) is 2.28. The Morgan fingerprint density at radius 3 is 2.82 bits per heavy atom. The number of anilines is 1. The molecule has 0 atom stereocenters. The molecule has 0 spiro atoms. The first-order valence-electron chi connectivity index (χ1n) is 5.15. The van der Waals surface area contributed by atoms with Crippen molar-refractivity contribution in [3.05, 3.63) is 40.1 Å².